The Bertz CT molecular complexity index is 1010. The molecule has 29 heavy (non-hydrogen) atoms. The van der Waals surface area contributed by atoms with E-state index in [1.807, 2.05) is 37.3 Å². The summed E-state index contributed by atoms with van der Waals surface area (Å²) in [6, 6.07) is 18.5. The minimum Gasteiger partial charge on any atom is -0.352 e. The number of rotatable bonds is 7. The summed E-state index contributed by atoms with van der Waals surface area (Å²) in [5.74, 6) is -0.336. The molecule has 6 heteroatoms. The Hall–Kier alpha value is -2.99. The number of thiazole rings is 1. The summed E-state index contributed by atoms with van der Waals surface area (Å²) in [7, 11) is 0. The van der Waals surface area contributed by atoms with E-state index < -0.39 is 0 Å². The fourth-order valence-electron chi connectivity index (χ4n) is 3.01. The van der Waals surface area contributed by atoms with Crippen molar-refractivity contribution in [2.75, 3.05) is 6.54 Å². The molecule has 0 bridgehead atoms. The first-order valence-corrected chi connectivity index (χ1v) is 10.6. The van der Waals surface area contributed by atoms with Crippen molar-refractivity contribution >= 4 is 23.2 Å². The van der Waals surface area contributed by atoms with Crippen LogP contribution >= 0.6 is 11.3 Å². The third-order valence-electron chi connectivity index (χ3n) is 4.75. The van der Waals surface area contributed by atoms with Crippen molar-refractivity contribution in [1.82, 2.24) is 15.6 Å². The van der Waals surface area contributed by atoms with Crippen molar-refractivity contribution in [2.24, 2.45) is 0 Å². The van der Waals surface area contributed by atoms with Crippen molar-refractivity contribution < 1.29 is 9.59 Å². The van der Waals surface area contributed by atoms with E-state index in [0.717, 1.165) is 39.5 Å². The Morgan fingerprint density at radius 1 is 1.00 bits per heavy atom. The molecular formula is C23H23N3O2S. The van der Waals surface area contributed by atoms with Crippen LogP contribution in [0.15, 0.2) is 54.6 Å². The van der Waals surface area contributed by atoms with Gasteiger partial charge in [-0.1, -0.05) is 60.2 Å². The Labute approximate surface area is 174 Å². The van der Waals surface area contributed by atoms with E-state index in [1.165, 1.54) is 5.56 Å². The van der Waals surface area contributed by atoms with Gasteiger partial charge in [-0.3, -0.25) is 9.59 Å². The summed E-state index contributed by atoms with van der Waals surface area (Å²) < 4.78 is 0. The molecule has 2 N–H and O–H groups in total. The highest BCUT2D eigenvalue weighted by molar-refractivity contribution is 7.18. The molecule has 4 rings (SSSR count). The second kappa shape index (κ2) is 8.57. The van der Waals surface area contributed by atoms with Gasteiger partial charge in [-0.2, -0.15) is 0 Å². The first-order chi connectivity index (χ1) is 14.1. The maximum absolute atomic E-state index is 12.5. The maximum Gasteiger partial charge on any atom is 0.239 e. The van der Waals surface area contributed by atoms with Crippen molar-refractivity contribution in [2.45, 2.75) is 32.2 Å². The van der Waals surface area contributed by atoms with Crippen LogP contribution in [0.4, 0.5) is 0 Å². The highest BCUT2D eigenvalue weighted by Gasteiger charge is 2.23. The lowest BCUT2D eigenvalue weighted by Gasteiger charge is -2.06. The quantitative estimate of drug-likeness (QED) is 0.629. The number of carbonyl (C=O) groups is 2. The van der Waals surface area contributed by atoms with Gasteiger partial charge in [0.1, 0.15) is 5.01 Å². The fraction of sp³-hybridized carbons (Fsp3) is 0.261. The summed E-state index contributed by atoms with van der Waals surface area (Å²) in [5.41, 5.74) is 3.99. The van der Waals surface area contributed by atoms with Gasteiger partial charge in [-0.05, 0) is 25.3 Å². The minimum absolute atomic E-state index is 0.00484. The zero-order valence-corrected chi connectivity index (χ0v) is 17.1. The van der Waals surface area contributed by atoms with Gasteiger partial charge in [0.15, 0.2) is 0 Å². The second-order valence-electron chi connectivity index (χ2n) is 7.32. The largest absolute Gasteiger partial charge is 0.352 e. The summed E-state index contributed by atoms with van der Waals surface area (Å²) in [4.78, 5) is 30.0. The summed E-state index contributed by atoms with van der Waals surface area (Å²) in [5, 5.41) is 6.47. The molecule has 1 fully saturated rings. The van der Waals surface area contributed by atoms with Crippen LogP contribution in [0, 0.1) is 6.92 Å². The molecule has 0 spiro atoms. The standard InChI is InChI=1S/C23H23N3O2S/c1-15-7-9-16(10-8-15)22-19(26-23(29-22)17-5-3-2-4-6-17)13-20(27)24-14-21(28)25-18-11-12-18/h2-10,18H,11-14H2,1H3,(H,24,27)(H,25,28). The van der Waals surface area contributed by atoms with Crippen molar-refractivity contribution in [3.63, 3.8) is 0 Å². The van der Waals surface area contributed by atoms with Gasteiger partial charge in [0.05, 0.1) is 23.5 Å². The lowest BCUT2D eigenvalue weighted by atomic mass is 10.1. The minimum atomic E-state index is -0.200. The summed E-state index contributed by atoms with van der Waals surface area (Å²) in [6.45, 7) is 2.05. The van der Waals surface area contributed by atoms with E-state index in [0.29, 0.717) is 6.04 Å². The monoisotopic (exact) mass is 405 g/mol. The molecule has 2 aromatic carbocycles. The van der Waals surface area contributed by atoms with E-state index in [2.05, 4.69) is 34.9 Å². The molecule has 0 saturated heterocycles. The van der Waals surface area contributed by atoms with E-state index >= 15 is 0 Å². The lowest BCUT2D eigenvalue weighted by molar-refractivity contribution is -0.125. The average molecular weight is 406 g/mol. The van der Waals surface area contributed by atoms with Gasteiger partial charge in [-0.15, -0.1) is 11.3 Å². The molecule has 1 aromatic heterocycles. The highest BCUT2D eigenvalue weighted by atomic mass is 32.1. The van der Waals surface area contributed by atoms with Crippen molar-refractivity contribution in [1.29, 1.82) is 0 Å². The molecule has 0 radical (unpaired) electrons. The molecule has 1 aliphatic carbocycles. The molecule has 148 valence electrons. The molecule has 0 atom stereocenters. The number of benzene rings is 2. The Morgan fingerprint density at radius 3 is 2.41 bits per heavy atom. The van der Waals surface area contributed by atoms with Gasteiger partial charge in [0.25, 0.3) is 0 Å². The van der Waals surface area contributed by atoms with Gasteiger partial charge < -0.3 is 10.6 Å². The Balaban J connectivity index is 1.53. The number of aromatic nitrogens is 1. The number of nitrogens with zero attached hydrogens (tertiary/aromatic N) is 1. The number of hydrogen-bond donors (Lipinski definition) is 2. The molecule has 0 aliphatic heterocycles. The fourth-order valence-corrected chi connectivity index (χ4v) is 4.10. The molecule has 1 saturated carbocycles. The zero-order valence-electron chi connectivity index (χ0n) is 16.3. The van der Waals surface area contributed by atoms with Gasteiger partial charge >= 0.3 is 0 Å². The van der Waals surface area contributed by atoms with Crippen molar-refractivity contribution in [3.8, 4) is 21.0 Å². The summed E-state index contributed by atoms with van der Waals surface area (Å²) in [6.07, 6.45) is 2.20. The second-order valence-corrected chi connectivity index (χ2v) is 8.32. The average Bonchev–Trinajstić information content (AvgIpc) is 3.45. The first-order valence-electron chi connectivity index (χ1n) is 9.77. The van der Waals surface area contributed by atoms with Gasteiger partial charge in [0.2, 0.25) is 11.8 Å². The Kier molecular flexibility index (Phi) is 5.71. The normalized spacial score (nSPS) is 13.1. The lowest BCUT2D eigenvalue weighted by Crippen LogP contribution is -2.38. The van der Waals surface area contributed by atoms with Crippen LogP contribution in [0.25, 0.3) is 21.0 Å². The molecule has 5 nitrogen and oxygen atoms in total. The number of aryl methyl sites for hydroxylation is 1. The van der Waals surface area contributed by atoms with Crippen LogP contribution in [0.1, 0.15) is 24.1 Å². The molecule has 1 aliphatic rings. The molecule has 1 heterocycles. The molecule has 2 amide bonds. The number of nitrogens with one attached hydrogen (secondary N) is 2. The van der Waals surface area contributed by atoms with Crippen LogP contribution < -0.4 is 10.6 Å². The molecule has 3 aromatic rings. The van der Waals surface area contributed by atoms with E-state index in [-0.39, 0.29) is 24.8 Å². The van der Waals surface area contributed by atoms with E-state index in [9.17, 15) is 9.59 Å². The zero-order chi connectivity index (χ0) is 20.2. The van der Waals surface area contributed by atoms with Crippen LogP contribution in [0.5, 0.6) is 0 Å². The third kappa shape index (κ3) is 5.09. The summed E-state index contributed by atoms with van der Waals surface area (Å²) >= 11 is 1.58. The van der Waals surface area contributed by atoms with E-state index in [4.69, 9.17) is 4.98 Å². The van der Waals surface area contributed by atoms with Gasteiger partial charge in [0, 0.05) is 11.6 Å². The SMILES string of the molecule is Cc1ccc(-c2sc(-c3ccccc3)nc2CC(=O)NCC(=O)NC2CC2)cc1. The first kappa shape index (κ1) is 19.3. The van der Waals surface area contributed by atoms with Crippen molar-refractivity contribution in [3.05, 3.63) is 65.9 Å². The van der Waals surface area contributed by atoms with Gasteiger partial charge in [-0.25, -0.2) is 4.98 Å². The predicted molar refractivity (Wildman–Crippen MR) is 116 cm³/mol. The molecule has 0 unspecified atom stereocenters. The highest BCUT2D eigenvalue weighted by Crippen LogP contribution is 2.35. The van der Waals surface area contributed by atoms with Crippen LogP contribution in [-0.2, 0) is 16.0 Å². The predicted octanol–water partition coefficient (Wildman–Crippen LogP) is 3.72. The third-order valence-corrected chi connectivity index (χ3v) is 5.94. The Morgan fingerprint density at radius 2 is 1.72 bits per heavy atom. The number of hydrogen-bond acceptors (Lipinski definition) is 4. The van der Waals surface area contributed by atoms with Crippen LogP contribution in [0.2, 0.25) is 0 Å². The maximum atomic E-state index is 12.5. The van der Waals surface area contributed by atoms with Crippen LogP contribution in [-0.4, -0.2) is 29.4 Å². The topological polar surface area (TPSA) is 71.1 Å². The smallest absolute Gasteiger partial charge is 0.239 e. The molecular weight excluding hydrogens is 382 g/mol. The van der Waals surface area contributed by atoms with Crippen LogP contribution in [0.3, 0.4) is 0 Å². The number of amides is 2. The van der Waals surface area contributed by atoms with E-state index in [1.54, 1.807) is 11.3 Å². The number of carbonyl (C=O) groups excluding carboxylic acids is 2.